The fraction of sp³-hybridized carbons (Fsp3) is 0.368. The summed E-state index contributed by atoms with van der Waals surface area (Å²) >= 11 is 0. The Morgan fingerprint density at radius 3 is 2.92 bits per heavy atom. The van der Waals surface area contributed by atoms with Crippen LogP contribution in [0.3, 0.4) is 0 Å². The van der Waals surface area contributed by atoms with E-state index < -0.39 is 0 Å². The summed E-state index contributed by atoms with van der Waals surface area (Å²) in [5.41, 5.74) is 4.74. The zero-order chi connectivity index (χ0) is 16.9. The van der Waals surface area contributed by atoms with Crippen LogP contribution < -0.4 is 5.32 Å². The lowest BCUT2D eigenvalue weighted by Gasteiger charge is -2.14. The maximum atomic E-state index is 4.27. The van der Waals surface area contributed by atoms with Crippen molar-refractivity contribution >= 4 is 0 Å². The number of rotatable bonds is 7. The zero-order valence-electron chi connectivity index (χ0n) is 14.6. The van der Waals surface area contributed by atoms with Crippen LogP contribution in [0.5, 0.6) is 0 Å². The van der Waals surface area contributed by atoms with Gasteiger partial charge in [-0.05, 0) is 32.4 Å². The van der Waals surface area contributed by atoms with Crippen LogP contribution >= 0.6 is 0 Å². The molecule has 0 amide bonds. The van der Waals surface area contributed by atoms with Gasteiger partial charge in [0.1, 0.15) is 5.82 Å². The molecule has 126 valence electrons. The van der Waals surface area contributed by atoms with E-state index in [0.717, 1.165) is 31.2 Å². The van der Waals surface area contributed by atoms with E-state index in [9.17, 15) is 0 Å². The third-order valence-electron chi connectivity index (χ3n) is 4.26. The number of aromatic nitrogens is 4. The maximum absolute atomic E-state index is 4.27. The van der Waals surface area contributed by atoms with E-state index in [1.807, 2.05) is 25.5 Å². The number of hydrogen-bond donors (Lipinski definition) is 2. The predicted molar refractivity (Wildman–Crippen MR) is 96.6 cm³/mol. The number of nitrogens with zero attached hydrogens (tertiary/aromatic N) is 3. The summed E-state index contributed by atoms with van der Waals surface area (Å²) < 4.78 is 2.20. The topological polar surface area (TPSA) is 58.5 Å². The Morgan fingerprint density at radius 2 is 2.17 bits per heavy atom. The van der Waals surface area contributed by atoms with E-state index in [-0.39, 0.29) is 0 Å². The molecule has 0 spiro atoms. The number of nitrogens with one attached hydrogen (secondary N) is 2. The minimum absolute atomic E-state index is 0.534. The molecule has 0 radical (unpaired) electrons. The predicted octanol–water partition coefficient (Wildman–Crippen LogP) is 3.32. The van der Waals surface area contributed by atoms with Crippen molar-refractivity contribution in [3.63, 3.8) is 0 Å². The lowest BCUT2D eigenvalue weighted by atomic mass is 10.1. The molecule has 3 rings (SSSR count). The van der Waals surface area contributed by atoms with Crippen LogP contribution in [0.4, 0.5) is 0 Å². The van der Waals surface area contributed by atoms with E-state index in [0.29, 0.717) is 5.92 Å². The quantitative estimate of drug-likeness (QED) is 0.701. The summed E-state index contributed by atoms with van der Waals surface area (Å²) in [6.07, 6.45) is 5.81. The Labute approximate surface area is 143 Å². The van der Waals surface area contributed by atoms with Gasteiger partial charge < -0.3 is 9.88 Å². The van der Waals surface area contributed by atoms with Crippen molar-refractivity contribution in [2.24, 2.45) is 5.92 Å². The molecule has 0 aliphatic carbocycles. The van der Waals surface area contributed by atoms with Crippen molar-refractivity contribution in [1.82, 2.24) is 25.1 Å². The van der Waals surface area contributed by atoms with E-state index >= 15 is 0 Å². The van der Waals surface area contributed by atoms with Crippen molar-refractivity contribution in [2.75, 3.05) is 6.54 Å². The van der Waals surface area contributed by atoms with E-state index in [4.69, 9.17) is 0 Å². The van der Waals surface area contributed by atoms with Crippen LogP contribution in [0.15, 0.2) is 42.9 Å². The summed E-state index contributed by atoms with van der Waals surface area (Å²) in [5.74, 6) is 1.60. The van der Waals surface area contributed by atoms with Crippen molar-refractivity contribution in [3.05, 3.63) is 59.8 Å². The highest BCUT2D eigenvalue weighted by atomic mass is 15.1. The average Bonchev–Trinajstić information content (AvgIpc) is 3.17. The number of aryl methyl sites for hydroxylation is 2. The molecule has 3 aromatic rings. The van der Waals surface area contributed by atoms with Gasteiger partial charge in [0.25, 0.3) is 0 Å². The Morgan fingerprint density at radius 1 is 1.29 bits per heavy atom. The summed E-state index contributed by atoms with van der Waals surface area (Å²) in [4.78, 5) is 4.27. The van der Waals surface area contributed by atoms with Gasteiger partial charge in [0.05, 0.1) is 11.9 Å². The van der Waals surface area contributed by atoms with Gasteiger partial charge in [0.15, 0.2) is 0 Å². The van der Waals surface area contributed by atoms with Crippen LogP contribution in [0.25, 0.3) is 11.3 Å². The standard InChI is InChI=1S/C19H25N5/c1-14-5-4-6-17(9-14)19-18(12-22-23-19)11-20-10-15(2)13-24-8-7-21-16(24)3/h4-9,12,15,20H,10-11,13H2,1-3H3,(H,22,23). The first-order valence-corrected chi connectivity index (χ1v) is 8.41. The fourth-order valence-electron chi connectivity index (χ4n) is 2.95. The number of imidazole rings is 1. The number of aromatic amines is 1. The molecular formula is C19H25N5. The largest absolute Gasteiger partial charge is 0.335 e. The molecule has 0 saturated carbocycles. The lowest BCUT2D eigenvalue weighted by Crippen LogP contribution is -2.24. The molecular weight excluding hydrogens is 298 g/mol. The van der Waals surface area contributed by atoms with Gasteiger partial charge in [-0.25, -0.2) is 4.98 Å². The van der Waals surface area contributed by atoms with Gasteiger partial charge in [0, 0.05) is 36.6 Å². The molecule has 1 atom stereocenters. The highest BCUT2D eigenvalue weighted by molar-refractivity contribution is 5.63. The van der Waals surface area contributed by atoms with Gasteiger partial charge in [-0.3, -0.25) is 5.10 Å². The maximum Gasteiger partial charge on any atom is 0.105 e. The molecule has 0 bridgehead atoms. The second-order valence-electron chi connectivity index (χ2n) is 6.50. The molecule has 1 aromatic carbocycles. The van der Waals surface area contributed by atoms with Crippen LogP contribution in [0.1, 0.15) is 23.9 Å². The van der Waals surface area contributed by atoms with Crippen molar-refractivity contribution in [1.29, 1.82) is 0 Å². The molecule has 0 aliphatic rings. The molecule has 24 heavy (non-hydrogen) atoms. The number of benzene rings is 1. The van der Waals surface area contributed by atoms with Crippen LogP contribution in [0, 0.1) is 19.8 Å². The van der Waals surface area contributed by atoms with Crippen LogP contribution in [-0.4, -0.2) is 26.3 Å². The molecule has 5 heteroatoms. The van der Waals surface area contributed by atoms with Crippen LogP contribution in [-0.2, 0) is 13.1 Å². The van der Waals surface area contributed by atoms with E-state index in [1.165, 1.54) is 16.7 Å². The molecule has 0 saturated heterocycles. The van der Waals surface area contributed by atoms with Crippen molar-refractivity contribution in [3.8, 4) is 11.3 Å². The summed E-state index contributed by atoms with van der Waals surface area (Å²) in [7, 11) is 0. The first-order valence-electron chi connectivity index (χ1n) is 8.41. The van der Waals surface area contributed by atoms with Gasteiger partial charge in [-0.1, -0.05) is 30.7 Å². The average molecular weight is 323 g/mol. The summed E-state index contributed by atoms with van der Waals surface area (Å²) in [6, 6.07) is 8.49. The highest BCUT2D eigenvalue weighted by Crippen LogP contribution is 2.21. The third kappa shape index (κ3) is 3.92. The number of hydrogen-bond acceptors (Lipinski definition) is 3. The molecule has 2 N–H and O–H groups in total. The first kappa shape index (κ1) is 16.5. The lowest BCUT2D eigenvalue weighted by molar-refractivity contribution is 0.440. The fourth-order valence-corrected chi connectivity index (χ4v) is 2.95. The summed E-state index contributed by atoms with van der Waals surface area (Å²) in [5, 5.41) is 10.9. The molecule has 2 aromatic heterocycles. The second kappa shape index (κ2) is 7.45. The Kier molecular flexibility index (Phi) is 5.11. The monoisotopic (exact) mass is 323 g/mol. The first-order chi connectivity index (χ1) is 11.6. The molecule has 2 heterocycles. The molecule has 0 fully saturated rings. The Hall–Kier alpha value is -2.40. The van der Waals surface area contributed by atoms with Crippen molar-refractivity contribution in [2.45, 2.75) is 33.9 Å². The number of H-pyrrole nitrogens is 1. The van der Waals surface area contributed by atoms with Gasteiger partial charge >= 0.3 is 0 Å². The Balaban J connectivity index is 1.56. The second-order valence-corrected chi connectivity index (χ2v) is 6.50. The Bertz CT molecular complexity index is 786. The van der Waals surface area contributed by atoms with Crippen molar-refractivity contribution < 1.29 is 0 Å². The zero-order valence-corrected chi connectivity index (χ0v) is 14.6. The van der Waals surface area contributed by atoms with E-state index in [2.05, 4.69) is 63.2 Å². The third-order valence-corrected chi connectivity index (χ3v) is 4.26. The van der Waals surface area contributed by atoms with Gasteiger partial charge in [-0.2, -0.15) is 5.10 Å². The van der Waals surface area contributed by atoms with Gasteiger partial charge in [0.2, 0.25) is 0 Å². The summed E-state index contributed by atoms with van der Waals surface area (Å²) in [6.45, 7) is 9.15. The van der Waals surface area contributed by atoms with Gasteiger partial charge in [-0.15, -0.1) is 0 Å². The van der Waals surface area contributed by atoms with E-state index in [1.54, 1.807) is 0 Å². The molecule has 0 aliphatic heterocycles. The smallest absolute Gasteiger partial charge is 0.105 e. The molecule has 1 unspecified atom stereocenters. The molecule has 5 nitrogen and oxygen atoms in total. The normalized spacial score (nSPS) is 12.5. The van der Waals surface area contributed by atoms with Crippen LogP contribution in [0.2, 0.25) is 0 Å². The minimum atomic E-state index is 0.534. The minimum Gasteiger partial charge on any atom is -0.335 e. The highest BCUT2D eigenvalue weighted by Gasteiger charge is 2.09. The SMILES string of the molecule is Cc1cccc(-c2[nH]ncc2CNCC(C)Cn2ccnc2C)c1.